The second-order valence-corrected chi connectivity index (χ2v) is 4.95. The van der Waals surface area contributed by atoms with Crippen molar-refractivity contribution in [1.29, 1.82) is 0 Å². The van der Waals surface area contributed by atoms with E-state index in [1.807, 2.05) is 0 Å². The van der Waals surface area contributed by atoms with E-state index in [2.05, 4.69) is 0 Å². The Balaban J connectivity index is 2.12. The summed E-state index contributed by atoms with van der Waals surface area (Å²) < 4.78 is 0. The Morgan fingerprint density at radius 2 is 2.06 bits per heavy atom. The van der Waals surface area contributed by atoms with E-state index in [0.29, 0.717) is 24.3 Å². The van der Waals surface area contributed by atoms with Crippen LogP contribution in [0.5, 0.6) is 0 Å². The summed E-state index contributed by atoms with van der Waals surface area (Å²) in [5.74, 6) is -0.0371. The predicted octanol–water partition coefficient (Wildman–Crippen LogP) is 1.26. The number of rotatable bonds is 1. The average molecular weight is 234 g/mol. The summed E-state index contributed by atoms with van der Waals surface area (Å²) >= 11 is 0. The third-order valence-corrected chi connectivity index (χ3v) is 3.12. The van der Waals surface area contributed by atoms with Crippen LogP contribution in [0.3, 0.4) is 0 Å². The minimum absolute atomic E-state index is 0.0371. The van der Waals surface area contributed by atoms with Crippen molar-refractivity contribution in [2.24, 2.45) is 0 Å². The number of nitrogens with zero attached hydrogens (tertiary/aromatic N) is 1. The highest BCUT2D eigenvalue weighted by molar-refractivity contribution is 5.94. The number of likely N-dealkylation sites (tertiary alicyclic amines) is 1. The number of piperidine rings is 1. The molecule has 1 amide bonds. The minimum atomic E-state index is -0.762. The maximum atomic E-state index is 12.2. The van der Waals surface area contributed by atoms with E-state index in [9.17, 15) is 9.90 Å². The zero-order chi connectivity index (χ0) is 12.5. The van der Waals surface area contributed by atoms with Gasteiger partial charge in [-0.2, -0.15) is 0 Å². The predicted molar refractivity (Wildman–Crippen MR) is 66.6 cm³/mol. The molecule has 2 rings (SSSR count). The summed E-state index contributed by atoms with van der Waals surface area (Å²) in [6.45, 7) is 2.88. The molecule has 1 aliphatic heterocycles. The lowest BCUT2D eigenvalue weighted by Crippen LogP contribution is -2.48. The lowest BCUT2D eigenvalue weighted by atomic mass is 9.94. The molecular weight excluding hydrogens is 216 g/mol. The number of nitrogens with two attached hydrogens (primary N) is 1. The van der Waals surface area contributed by atoms with E-state index in [1.165, 1.54) is 0 Å². The Labute approximate surface area is 101 Å². The van der Waals surface area contributed by atoms with Gasteiger partial charge in [-0.1, -0.05) is 0 Å². The molecule has 1 aromatic rings. The number of nitrogen functional groups attached to an aromatic ring is 1. The van der Waals surface area contributed by atoms with Gasteiger partial charge in [0.15, 0.2) is 0 Å². The van der Waals surface area contributed by atoms with Crippen LogP contribution in [0.25, 0.3) is 0 Å². The average Bonchev–Trinajstić information content (AvgIpc) is 2.28. The number of anilines is 1. The molecule has 0 aromatic heterocycles. The zero-order valence-corrected chi connectivity index (χ0v) is 10.0. The molecule has 3 N–H and O–H groups in total. The highest BCUT2D eigenvalue weighted by Gasteiger charge is 2.31. The summed E-state index contributed by atoms with van der Waals surface area (Å²) in [4.78, 5) is 13.9. The van der Waals surface area contributed by atoms with E-state index in [0.717, 1.165) is 12.8 Å². The number of carbonyl (C=O) groups excluding carboxylic acids is 1. The van der Waals surface area contributed by atoms with E-state index in [4.69, 9.17) is 5.73 Å². The molecule has 1 aromatic carbocycles. The normalized spacial score (nSPS) is 24.7. The second kappa shape index (κ2) is 4.37. The van der Waals surface area contributed by atoms with E-state index in [1.54, 1.807) is 36.1 Å². The molecule has 1 fully saturated rings. The van der Waals surface area contributed by atoms with Gasteiger partial charge in [-0.25, -0.2) is 0 Å². The quantitative estimate of drug-likeness (QED) is 0.719. The molecule has 1 heterocycles. The first-order valence-electron chi connectivity index (χ1n) is 5.85. The molecule has 4 heteroatoms. The van der Waals surface area contributed by atoms with Crippen molar-refractivity contribution in [3.8, 4) is 0 Å². The van der Waals surface area contributed by atoms with Gasteiger partial charge in [0, 0.05) is 24.3 Å². The van der Waals surface area contributed by atoms with Crippen LogP contribution in [0.2, 0.25) is 0 Å². The first-order chi connectivity index (χ1) is 7.98. The van der Waals surface area contributed by atoms with Gasteiger partial charge < -0.3 is 15.7 Å². The van der Waals surface area contributed by atoms with Crippen LogP contribution in [0.1, 0.15) is 30.1 Å². The summed E-state index contributed by atoms with van der Waals surface area (Å²) in [5.41, 5.74) is 6.09. The molecule has 1 unspecified atom stereocenters. The van der Waals surface area contributed by atoms with Crippen molar-refractivity contribution in [2.45, 2.75) is 25.4 Å². The molecule has 92 valence electrons. The van der Waals surface area contributed by atoms with Gasteiger partial charge in [0.25, 0.3) is 5.91 Å². The van der Waals surface area contributed by atoms with Gasteiger partial charge in [0.2, 0.25) is 0 Å². The topological polar surface area (TPSA) is 66.6 Å². The molecule has 4 nitrogen and oxygen atoms in total. The number of hydrogen-bond donors (Lipinski definition) is 2. The minimum Gasteiger partial charge on any atom is -0.399 e. The van der Waals surface area contributed by atoms with Crippen molar-refractivity contribution in [1.82, 2.24) is 4.90 Å². The zero-order valence-electron chi connectivity index (χ0n) is 10.0. The van der Waals surface area contributed by atoms with Gasteiger partial charge in [0.05, 0.1) is 5.60 Å². The summed E-state index contributed by atoms with van der Waals surface area (Å²) in [5, 5.41) is 9.97. The first-order valence-corrected chi connectivity index (χ1v) is 5.85. The SMILES string of the molecule is CC1(O)CCCN(C(=O)c2ccc(N)cc2)C1. The Bertz CT molecular complexity index is 412. The van der Waals surface area contributed by atoms with Crippen LogP contribution in [0, 0.1) is 0 Å². The number of carbonyl (C=O) groups is 1. The van der Waals surface area contributed by atoms with Gasteiger partial charge in [-0.05, 0) is 44.0 Å². The van der Waals surface area contributed by atoms with Crippen LogP contribution in [-0.2, 0) is 0 Å². The van der Waals surface area contributed by atoms with Crippen LogP contribution in [0.15, 0.2) is 24.3 Å². The van der Waals surface area contributed by atoms with Gasteiger partial charge in [-0.3, -0.25) is 4.79 Å². The Morgan fingerprint density at radius 1 is 1.41 bits per heavy atom. The van der Waals surface area contributed by atoms with Gasteiger partial charge >= 0.3 is 0 Å². The maximum absolute atomic E-state index is 12.2. The molecular formula is C13H18N2O2. The fraction of sp³-hybridized carbons (Fsp3) is 0.462. The van der Waals surface area contributed by atoms with Crippen LogP contribution < -0.4 is 5.73 Å². The Kier molecular flexibility index (Phi) is 3.07. The number of aliphatic hydroxyl groups is 1. The monoisotopic (exact) mass is 234 g/mol. The molecule has 0 radical (unpaired) electrons. The van der Waals surface area contributed by atoms with Crippen molar-refractivity contribution in [3.63, 3.8) is 0 Å². The third-order valence-electron chi connectivity index (χ3n) is 3.12. The number of β-amino-alcohol motifs (C(OH)–C–C–N with tert-alkyl or cyclic N) is 1. The summed E-state index contributed by atoms with van der Waals surface area (Å²) in [7, 11) is 0. The van der Waals surface area contributed by atoms with Crippen molar-refractivity contribution in [2.75, 3.05) is 18.8 Å². The third kappa shape index (κ3) is 2.77. The van der Waals surface area contributed by atoms with Crippen molar-refractivity contribution >= 4 is 11.6 Å². The molecule has 1 atom stereocenters. The highest BCUT2D eigenvalue weighted by atomic mass is 16.3. The Morgan fingerprint density at radius 3 is 2.65 bits per heavy atom. The van der Waals surface area contributed by atoms with Crippen molar-refractivity contribution < 1.29 is 9.90 Å². The molecule has 0 aliphatic carbocycles. The number of hydrogen-bond acceptors (Lipinski definition) is 3. The van der Waals surface area contributed by atoms with Gasteiger partial charge in [0.1, 0.15) is 0 Å². The Hall–Kier alpha value is -1.55. The van der Waals surface area contributed by atoms with Crippen LogP contribution in [-0.4, -0.2) is 34.6 Å². The molecule has 0 spiro atoms. The maximum Gasteiger partial charge on any atom is 0.253 e. The molecule has 1 saturated heterocycles. The van der Waals surface area contributed by atoms with Gasteiger partial charge in [-0.15, -0.1) is 0 Å². The standard InChI is InChI=1S/C13H18N2O2/c1-13(17)7-2-8-15(9-13)12(16)10-3-5-11(14)6-4-10/h3-6,17H,2,7-9,14H2,1H3. The number of benzene rings is 1. The number of amides is 1. The fourth-order valence-electron chi connectivity index (χ4n) is 2.20. The smallest absolute Gasteiger partial charge is 0.253 e. The molecule has 0 bridgehead atoms. The fourth-order valence-corrected chi connectivity index (χ4v) is 2.20. The van der Waals surface area contributed by atoms with Crippen LogP contribution in [0.4, 0.5) is 5.69 Å². The summed E-state index contributed by atoms with van der Waals surface area (Å²) in [6.07, 6.45) is 1.59. The molecule has 0 saturated carbocycles. The largest absolute Gasteiger partial charge is 0.399 e. The van der Waals surface area contributed by atoms with E-state index < -0.39 is 5.60 Å². The van der Waals surface area contributed by atoms with E-state index in [-0.39, 0.29) is 5.91 Å². The second-order valence-electron chi connectivity index (χ2n) is 4.95. The first kappa shape index (κ1) is 11.9. The molecule has 17 heavy (non-hydrogen) atoms. The molecule has 1 aliphatic rings. The highest BCUT2D eigenvalue weighted by Crippen LogP contribution is 2.22. The van der Waals surface area contributed by atoms with E-state index >= 15 is 0 Å². The summed E-state index contributed by atoms with van der Waals surface area (Å²) in [6, 6.07) is 6.88. The van der Waals surface area contributed by atoms with Crippen molar-refractivity contribution in [3.05, 3.63) is 29.8 Å². The lowest BCUT2D eigenvalue weighted by Gasteiger charge is -2.36. The lowest BCUT2D eigenvalue weighted by molar-refractivity contribution is -0.0107. The van der Waals surface area contributed by atoms with Crippen LogP contribution >= 0.6 is 0 Å².